The molecule has 0 saturated heterocycles. The van der Waals surface area contributed by atoms with Crippen molar-refractivity contribution < 1.29 is 9.47 Å². The summed E-state index contributed by atoms with van der Waals surface area (Å²) in [6.45, 7) is 0. The molecule has 0 aliphatic carbocycles. The van der Waals surface area contributed by atoms with Crippen molar-refractivity contribution in [3.05, 3.63) is 66.9 Å². The van der Waals surface area contributed by atoms with Gasteiger partial charge in [-0.05, 0) is 29.8 Å². The van der Waals surface area contributed by atoms with Crippen LogP contribution in [0.2, 0.25) is 0 Å². The highest BCUT2D eigenvalue weighted by molar-refractivity contribution is 5.88. The van der Waals surface area contributed by atoms with Crippen LogP contribution in [0.1, 0.15) is 0 Å². The highest BCUT2D eigenvalue weighted by Crippen LogP contribution is 2.42. The van der Waals surface area contributed by atoms with Crippen molar-refractivity contribution in [3.8, 4) is 33.9 Å². The van der Waals surface area contributed by atoms with Crippen LogP contribution >= 0.6 is 0 Å². The van der Waals surface area contributed by atoms with Crippen LogP contribution in [-0.4, -0.2) is 19.2 Å². The van der Waals surface area contributed by atoms with Gasteiger partial charge in [-0.15, -0.1) is 0 Å². The molecule has 0 N–H and O–H groups in total. The average molecular weight is 291 g/mol. The normalized spacial score (nSPS) is 10.3. The molecule has 110 valence electrons. The van der Waals surface area contributed by atoms with Gasteiger partial charge < -0.3 is 9.47 Å². The average Bonchev–Trinajstić information content (AvgIpc) is 2.61. The van der Waals surface area contributed by atoms with E-state index in [-0.39, 0.29) is 0 Å². The van der Waals surface area contributed by atoms with E-state index in [1.807, 2.05) is 48.5 Å². The van der Waals surface area contributed by atoms with E-state index in [1.165, 1.54) is 0 Å². The van der Waals surface area contributed by atoms with Gasteiger partial charge >= 0.3 is 0 Å². The second-order valence-electron chi connectivity index (χ2n) is 4.80. The Kier molecular flexibility index (Phi) is 4.05. The molecule has 3 nitrogen and oxygen atoms in total. The third kappa shape index (κ3) is 2.53. The molecule has 0 atom stereocenters. The first-order valence-corrected chi connectivity index (χ1v) is 7.07. The molecule has 1 aromatic heterocycles. The Labute approximate surface area is 130 Å². The highest BCUT2D eigenvalue weighted by Gasteiger charge is 2.16. The Morgan fingerprint density at radius 1 is 0.682 bits per heavy atom. The Balaban J connectivity index is 2.27. The number of rotatable bonds is 4. The molecule has 3 rings (SSSR count). The zero-order valence-corrected chi connectivity index (χ0v) is 12.6. The van der Waals surface area contributed by atoms with E-state index in [0.29, 0.717) is 0 Å². The molecule has 0 radical (unpaired) electrons. The van der Waals surface area contributed by atoms with Gasteiger partial charge in [0.2, 0.25) is 0 Å². The number of ether oxygens (including phenoxy) is 2. The third-order valence-corrected chi connectivity index (χ3v) is 3.57. The lowest BCUT2D eigenvalue weighted by atomic mass is 9.96. The largest absolute Gasteiger partial charge is 0.496 e. The molecule has 0 bridgehead atoms. The molecule has 0 spiro atoms. The van der Waals surface area contributed by atoms with E-state index in [9.17, 15) is 0 Å². The Bertz CT molecular complexity index is 747. The van der Waals surface area contributed by atoms with Crippen molar-refractivity contribution >= 4 is 0 Å². The van der Waals surface area contributed by atoms with Gasteiger partial charge in [-0.3, -0.25) is 4.98 Å². The summed E-state index contributed by atoms with van der Waals surface area (Å²) in [5, 5.41) is 0. The van der Waals surface area contributed by atoms with Crippen LogP contribution in [0.3, 0.4) is 0 Å². The van der Waals surface area contributed by atoms with E-state index >= 15 is 0 Å². The van der Waals surface area contributed by atoms with E-state index in [4.69, 9.17) is 9.47 Å². The van der Waals surface area contributed by atoms with Crippen molar-refractivity contribution in [1.29, 1.82) is 0 Å². The van der Waals surface area contributed by atoms with E-state index in [1.54, 1.807) is 20.4 Å². The summed E-state index contributed by atoms with van der Waals surface area (Å²) in [4.78, 5) is 4.46. The number of aromatic nitrogens is 1. The standard InChI is InChI=1S/C19H17NO2/c1-21-17-11-7-12-18(22-2)19(17)15-9-4-3-8-14(15)16-10-5-6-13-20-16/h3-13H,1-2H3. The van der Waals surface area contributed by atoms with Gasteiger partial charge in [0, 0.05) is 11.8 Å². The summed E-state index contributed by atoms with van der Waals surface area (Å²) in [6, 6.07) is 19.8. The third-order valence-electron chi connectivity index (χ3n) is 3.57. The van der Waals surface area contributed by atoms with Crippen LogP contribution in [0.15, 0.2) is 66.9 Å². The summed E-state index contributed by atoms with van der Waals surface area (Å²) >= 11 is 0. The monoisotopic (exact) mass is 291 g/mol. The van der Waals surface area contributed by atoms with Crippen LogP contribution in [0.25, 0.3) is 22.4 Å². The maximum absolute atomic E-state index is 5.53. The second kappa shape index (κ2) is 6.31. The van der Waals surface area contributed by atoms with Gasteiger partial charge in [-0.2, -0.15) is 0 Å². The SMILES string of the molecule is COc1cccc(OC)c1-c1ccccc1-c1ccccn1. The molecule has 0 saturated carbocycles. The van der Waals surface area contributed by atoms with Gasteiger partial charge in [0.15, 0.2) is 0 Å². The molecule has 0 fully saturated rings. The minimum Gasteiger partial charge on any atom is -0.496 e. The highest BCUT2D eigenvalue weighted by atomic mass is 16.5. The lowest BCUT2D eigenvalue weighted by Gasteiger charge is -2.16. The Hall–Kier alpha value is -2.81. The fraction of sp³-hybridized carbons (Fsp3) is 0.105. The first-order chi connectivity index (χ1) is 10.8. The number of nitrogens with zero attached hydrogens (tertiary/aromatic N) is 1. The smallest absolute Gasteiger partial charge is 0.130 e. The van der Waals surface area contributed by atoms with Gasteiger partial charge in [-0.1, -0.05) is 36.4 Å². The molecule has 0 aliphatic heterocycles. The molecule has 22 heavy (non-hydrogen) atoms. The van der Waals surface area contributed by atoms with Crippen molar-refractivity contribution in [3.63, 3.8) is 0 Å². The molecule has 2 aromatic carbocycles. The summed E-state index contributed by atoms with van der Waals surface area (Å²) in [7, 11) is 3.34. The summed E-state index contributed by atoms with van der Waals surface area (Å²) in [5.41, 5.74) is 3.95. The number of hydrogen-bond acceptors (Lipinski definition) is 3. The second-order valence-corrected chi connectivity index (χ2v) is 4.80. The summed E-state index contributed by atoms with van der Waals surface area (Å²) in [5.74, 6) is 1.56. The fourth-order valence-electron chi connectivity index (χ4n) is 2.56. The molecule has 0 amide bonds. The van der Waals surface area contributed by atoms with Crippen LogP contribution in [-0.2, 0) is 0 Å². The first kappa shape index (κ1) is 14.1. The van der Waals surface area contributed by atoms with Crippen LogP contribution < -0.4 is 9.47 Å². The van der Waals surface area contributed by atoms with Crippen LogP contribution in [0.4, 0.5) is 0 Å². The lowest BCUT2D eigenvalue weighted by molar-refractivity contribution is 0.397. The van der Waals surface area contributed by atoms with Crippen molar-refractivity contribution in [2.24, 2.45) is 0 Å². The van der Waals surface area contributed by atoms with E-state index in [2.05, 4.69) is 17.1 Å². The number of benzene rings is 2. The van der Waals surface area contributed by atoms with Crippen LogP contribution in [0.5, 0.6) is 11.5 Å². The minimum absolute atomic E-state index is 0.780. The van der Waals surface area contributed by atoms with Gasteiger partial charge in [0.25, 0.3) is 0 Å². The number of pyridine rings is 1. The van der Waals surface area contributed by atoms with Crippen LogP contribution in [0, 0.1) is 0 Å². The summed E-state index contributed by atoms with van der Waals surface area (Å²) in [6.07, 6.45) is 1.80. The van der Waals surface area contributed by atoms with Gasteiger partial charge in [-0.25, -0.2) is 0 Å². The molecule has 3 heteroatoms. The fourth-order valence-corrected chi connectivity index (χ4v) is 2.56. The molecule has 0 aliphatic rings. The van der Waals surface area contributed by atoms with E-state index < -0.39 is 0 Å². The summed E-state index contributed by atoms with van der Waals surface area (Å²) < 4.78 is 11.1. The topological polar surface area (TPSA) is 31.4 Å². The number of hydrogen-bond donors (Lipinski definition) is 0. The maximum Gasteiger partial charge on any atom is 0.130 e. The molecule has 1 heterocycles. The maximum atomic E-state index is 5.53. The predicted molar refractivity (Wildman–Crippen MR) is 88.2 cm³/mol. The molecular formula is C19H17NO2. The van der Waals surface area contributed by atoms with E-state index in [0.717, 1.165) is 33.9 Å². The quantitative estimate of drug-likeness (QED) is 0.712. The van der Waals surface area contributed by atoms with Crippen molar-refractivity contribution in [1.82, 2.24) is 4.98 Å². The first-order valence-electron chi connectivity index (χ1n) is 7.07. The van der Waals surface area contributed by atoms with Gasteiger partial charge in [0.1, 0.15) is 11.5 Å². The molecular weight excluding hydrogens is 274 g/mol. The van der Waals surface area contributed by atoms with Crippen molar-refractivity contribution in [2.75, 3.05) is 14.2 Å². The number of methoxy groups -OCH3 is 2. The molecule has 3 aromatic rings. The minimum atomic E-state index is 0.780. The zero-order valence-electron chi connectivity index (χ0n) is 12.6. The Morgan fingerprint density at radius 3 is 1.91 bits per heavy atom. The lowest BCUT2D eigenvalue weighted by Crippen LogP contribution is -1.95. The molecule has 0 unspecified atom stereocenters. The predicted octanol–water partition coefficient (Wildman–Crippen LogP) is 4.43. The van der Waals surface area contributed by atoms with Gasteiger partial charge in [0.05, 0.1) is 25.5 Å². The van der Waals surface area contributed by atoms with Crippen molar-refractivity contribution in [2.45, 2.75) is 0 Å². The Morgan fingerprint density at radius 2 is 1.32 bits per heavy atom. The zero-order chi connectivity index (χ0) is 15.4.